The van der Waals surface area contributed by atoms with Crippen molar-refractivity contribution in [2.75, 3.05) is 14.2 Å². The number of allylic oxidation sites excluding steroid dienone is 1. The molecule has 3 heteroatoms. The molecule has 0 radical (unpaired) electrons. The van der Waals surface area contributed by atoms with Gasteiger partial charge in [0.2, 0.25) is 0 Å². The average Bonchev–Trinajstić information content (AvgIpc) is 2.73. The van der Waals surface area contributed by atoms with E-state index >= 15 is 0 Å². The minimum atomic E-state index is 0.147. The maximum absolute atomic E-state index is 6.38. The maximum atomic E-state index is 6.38. The second-order valence-electron chi connectivity index (χ2n) is 7.01. The van der Waals surface area contributed by atoms with Gasteiger partial charge >= 0.3 is 0 Å². The Kier molecular flexibility index (Phi) is 4.82. The standard InChI is InChI=1S/C25H24O3/c1-16-9-5-6-10-19(16)24-17(2)25(28-21-12-8-7-11-20(21)24)18-13-14-22(26-3)23(15-18)27-4/h5-15,24H,1-4H3/t24-/m1/s1. The molecule has 1 atom stereocenters. The molecular weight excluding hydrogens is 348 g/mol. The molecular formula is C25H24O3. The van der Waals surface area contributed by atoms with Gasteiger partial charge in [0, 0.05) is 17.0 Å². The van der Waals surface area contributed by atoms with Gasteiger partial charge in [0.1, 0.15) is 11.5 Å². The van der Waals surface area contributed by atoms with Gasteiger partial charge in [-0.2, -0.15) is 0 Å². The molecule has 0 spiro atoms. The van der Waals surface area contributed by atoms with Crippen molar-refractivity contribution in [3.05, 3.63) is 94.6 Å². The number of hydrogen-bond acceptors (Lipinski definition) is 3. The zero-order valence-electron chi connectivity index (χ0n) is 16.7. The van der Waals surface area contributed by atoms with Crippen molar-refractivity contribution in [1.29, 1.82) is 0 Å². The van der Waals surface area contributed by atoms with Gasteiger partial charge in [-0.25, -0.2) is 0 Å². The smallest absolute Gasteiger partial charge is 0.161 e. The molecule has 1 heterocycles. The predicted molar refractivity (Wildman–Crippen MR) is 112 cm³/mol. The fourth-order valence-corrected chi connectivity index (χ4v) is 3.94. The van der Waals surface area contributed by atoms with Crippen LogP contribution in [0.3, 0.4) is 0 Å². The van der Waals surface area contributed by atoms with Crippen molar-refractivity contribution in [2.45, 2.75) is 19.8 Å². The molecule has 1 aliphatic heterocycles. The van der Waals surface area contributed by atoms with Crippen molar-refractivity contribution in [3.63, 3.8) is 0 Å². The van der Waals surface area contributed by atoms with Gasteiger partial charge in [-0.05, 0) is 54.8 Å². The Balaban J connectivity index is 1.91. The Morgan fingerprint density at radius 2 is 1.43 bits per heavy atom. The van der Waals surface area contributed by atoms with E-state index in [0.29, 0.717) is 11.5 Å². The molecule has 0 aromatic heterocycles. The van der Waals surface area contributed by atoms with Crippen LogP contribution in [0.15, 0.2) is 72.3 Å². The van der Waals surface area contributed by atoms with E-state index in [2.05, 4.69) is 50.2 Å². The molecule has 0 bridgehead atoms. The Morgan fingerprint density at radius 3 is 2.14 bits per heavy atom. The van der Waals surface area contributed by atoms with Gasteiger partial charge in [0.05, 0.1) is 14.2 Å². The van der Waals surface area contributed by atoms with Crippen LogP contribution in [-0.2, 0) is 0 Å². The Labute approximate surface area is 166 Å². The second kappa shape index (κ2) is 7.43. The Bertz CT molecular complexity index is 1050. The number of rotatable bonds is 4. The predicted octanol–water partition coefficient (Wildman–Crippen LogP) is 5.97. The van der Waals surface area contributed by atoms with Gasteiger partial charge < -0.3 is 14.2 Å². The zero-order valence-corrected chi connectivity index (χ0v) is 16.7. The molecule has 28 heavy (non-hydrogen) atoms. The van der Waals surface area contributed by atoms with E-state index in [0.717, 1.165) is 17.1 Å². The lowest BCUT2D eigenvalue weighted by Gasteiger charge is -2.31. The van der Waals surface area contributed by atoms with Crippen LogP contribution in [-0.4, -0.2) is 14.2 Å². The number of aryl methyl sites for hydroxylation is 1. The number of benzene rings is 3. The van der Waals surface area contributed by atoms with Crippen molar-refractivity contribution in [2.24, 2.45) is 0 Å². The van der Waals surface area contributed by atoms with Crippen LogP contribution in [0.1, 0.15) is 35.1 Å². The van der Waals surface area contributed by atoms with Crippen LogP contribution in [0.5, 0.6) is 17.2 Å². The van der Waals surface area contributed by atoms with E-state index in [1.807, 2.05) is 30.3 Å². The first-order valence-corrected chi connectivity index (χ1v) is 9.39. The van der Waals surface area contributed by atoms with E-state index in [-0.39, 0.29) is 5.92 Å². The lowest BCUT2D eigenvalue weighted by Crippen LogP contribution is -2.15. The molecule has 0 amide bonds. The van der Waals surface area contributed by atoms with Gasteiger partial charge in [-0.1, -0.05) is 42.5 Å². The summed E-state index contributed by atoms with van der Waals surface area (Å²) in [4.78, 5) is 0. The molecule has 1 aliphatic rings. The average molecular weight is 372 g/mol. The molecule has 3 aromatic carbocycles. The van der Waals surface area contributed by atoms with Crippen LogP contribution in [0.25, 0.3) is 5.76 Å². The van der Waals surface area contributed by atoms with E-state index < -0.39 is 0 Å². The molecule has 3 nitrogen and oxygen atoms in total. The third-order valence-corrected chi connectivity index (χ3v) is 5.38. The number of methoxy groups -OCH3 is 2. The monoisotopic (exact) mass is 372 g/mol. The van der Waals surface area contributed by atoms with Crippen LogP contribution < -0.4 is 14.2 Å². The van der Waals surface area contributed by atoms with Crippen molar-refractivity contribution >= 4 is 5.76 Å². The topological polar surface area (TPSA) is 27.7 Å². The van der Waals surface area contributed by atoms with Crippen molar-refractivity contribution < 1.29 is 14.2 Å². The van der Waals surface area contributed by atoms with E-state index in [9.17, 15) is 0 Å². The normalized spacial score (nSPS) is 15.6. The third-order valence-electron chi connectivity index (χ3n) is 5.38. The third kappa shape index (κ3) is 3.03. The lowest BCUT2D eigenvalue weighted by molar-refractivity contribution is 0.354. The second-order valence-corrected chi connectivity index (χ2v) is 7.01. The van der Waals surface area contributed by atoms with Gasteiger partial charge in [0.15, 0.2) is 11.5 Å². The van der Waals surface area contributed by atoms with E-state index in [1.165, 1.54) is 22.3 Å². The van der Waals surface area contributed by atoms with E-state index in [4.69, 9.17) is 14.2 Å². The molecule has 4 rings (SSSR count). The molecule has 142 valence electrons. The van der Waals surface area contributed by atoms with Crippen LogP contribution >= 0.6 is 0 Å². The van der Waals surface area contributed by atoms with E-state index in [1.54, 1.807) is 14.2 Å². The first kappa shape index (κ1) is 18.2. The quantitative estimate of drug-likeness (QED) is 0.565. The minimum absolute atomic E-state index is 0.147. The van der Waals surface area contributed by atoms with Crippen LogP contribution in [0, 0.1) is 6.92 Å². The summed E-state index contributed by atoms with van der Waals surface area (Å²) >= 11 is 0. The fraction of sp³-hybridized carbons (Fsp3) is 0.200. The summed E-state index contributed by atoms with van der Waals surface area (Å²) in [5, 5.41) is 0. The minimum Gasteiger partial charge on any atom is -0.493 e. The van der Waals surface area contributed by atoms with Crippen molar-refractivity contribution in [3.8, 4) is 17.2 Å². The Morgan fingerprint density at radius 1 is 0.750 bits per heavy atom. The summed E-state index contributed by atoms with van der Waals surface area (Å²) in [5.41, 5.74) is 5.92. The van der Waals surface area contributed by atoms with Crippen molar-refractivity contribution in [1.82, 2.24) is 0 Å². The maximum Gasteiger partial charge on any atom is 0.161 e. The highest BCUT2D eigenvalue weighted by Gasteiger charge is 2.30. The number of para-hydroxylation sites is 1. The molecule has 0 unspecified atom stereocenters. The first-order valence-electron chi connectivity index (χ1n) is 9.39. The number of ether oxygens (including phenoxy) is 3. The van der Waals surface area contributed by atoms with Crippen LogP contribution in [0.4, 0.5) is 0 Å². The largest absolute Gasteiger partial charge is 0.493 e. The molecule has 0 fully saturated rings. The molecule has 0 N–H and O–H groups in total. The fourth-order valence-electron chi connectivity index (χ4n) is 3.94. The highest BCUT2D eigenvalue weighted by atomic mass is 16.5. The summed E-state index contributed by atoms with van der Waals surface area (Å²) in [6.07, 6.45) is 0. The molecule has 0 saturated heterocycles. The number of fused-ring (bicyclic) bond motifs is 1. The lowest BCUT2D eigenvalue weighted by atomic mass is 9.80. The molecule has 0 saturated carbocycles. The summed E-state index contributed by atoms with van der Waals surface area (Å²) in [5.74, 6) is 3.31. The highest BCUT2D eigenvalue weighted by molar-refractivity contribution is 5.73. The highest BCUT2D eigenvalue weighted by Crippen LogP contribution is 2.46. The van der Waals surface area contributed by atoms with Crippen LogP contribution in [0.2, 0.25) is 0 Å². The van der Waals surface area contributed by atoms with Gasteiger partial charge in [0.25, 0.3) is 0 Å². The van der Waals surface area contributed by atoms with Gasteiger partial charge in [-0.15, -0.1) is 0 Å². The SMILES string of the molecule is COc1ccc(C2=C(C)[C@H](c3ccccc3C)c3ccccc3O2)cc1OC. The summed E-state index contributed by atoms with van der Waals surface area (Å²) < 4.78 is 17.3. The summed E-state index contributed by atoms with van der Waals surface area (Å²) in [6.45, 7) is 4.32. The number of hydrogen-bond donors (Lipinski definition) is 0. The molecule has 3 aromatic rings. The Hall–Kier alpha value is -3.20. The zero-order chi connectivity index (χ0) is 19.7. The molecule has 0 aliphatic carbocycles. The first-order chi connectivity index (χ1) is 13.6. The summed E-state index contributed by atoms with van der Waals surface area (Å²) in [6, 6.07) is 22.7. The summed E-state index contributed by atoms with van der Waals surface area (Å²) in [7, 11) is 3.29. The van der Waals surface area contributed by atoms with Gasteiger partial charge in [-0.3, -0.25) is 0 Å².